The van der Waals surface area contributed by atoms with E-state index in [1.54, 1.807) is 0 Å². The Bertz CT molecular complexity index is 363. The second-order valence-corrected chi connectivity index (χ2v) is 4.73. The van der Waals surface area contributed by atoms with Gasteiger partial charge in [0.05, 0.1) is 12.4 Å². The lowest BCUT2D eigenvalue weighted by molar-refractivity contribution is 0.597. The zero-order valence-electron chi connectivity index (χ0n) is 5.65. The molecule has 60 valence electrons. The molecule has 0 saturated heterocycles. The van der Waals surface area contributed by atoms with Crippen LogP contribution in [0.1, 0.15) is 0 Å². The highest BCUT2D eigenvalue weighted by atomic mass is 79.9. The number of hydrogen-bond acceptors (Lipinski definition) is 4. The highest BCUT2D eigenvalue weighted by molar-refractivity contribution is 9.10. The average Bonchev–Trinajstić information content (AvgIpc) is 1.86. The van der Waals surface area contributed by atoms with Gasteiger partial charge in [0.15, 0.2) is 14.9 Å². The minimum atomic E-state index is -3.23. The normalized spacial score (nSPS) is 11.5. The molecule has 0 atom stereocenters. The van der Waals surface area contributed by atoms with E-state index < -0.39 is 9.84 Å². The van der Waals surface area contributed by atoms with Crippen LogP contribution < -0.4 is 0 Å². The first-order valence-electron chi connectivity index (χ1n) is 2.68. The van der Waals surface area contributed by atoms with Gasteiger partial charge in [0.1, 0.15) is 4.60 Å². The van der Waals surface area contributed by atoms with Gasteiger partial charge in [-0.05, 0) is 15.9 Å². The van der Waals surface area contributed by atoms with Gasteiger partial charge >= 0.3 is 0 Å². The molecule has 0 aromatic carbocycles. The molecule has 4 nitrogen and oxygen atoms in total. The van der Waals surface area contributed by atoms with E-state index in [-0.39, 0.29) is 5.03 Å². The fourth-order valence-electron chi connectivity index (χ4n) is 0.504. The summed E-state index contributed by atoms with van der Waals surface area (Å²) >= 11 is 3.02. The third-order valence-electron chi connectivity index (χ3n) is 0.963. The van der Waals surface area contributed by atoms with Gasteiger partial charge in [-0.2, -0.15) is 0 Å². The third-order valence-corrected chi connectivity index (χ3v) is 2.30. The van der Waals surface area contributed by atoms with Crippen molar-refractivity contribution in [2.75, 3.05) is 6.26 Å². The molecule has 0 unspecified atom stereocenters. The molecule has 1 heterocycles. The Balaban J connectivity index is 3.28. The minimum Gasteiger partial charge on any atom is -0.259 e. The molecule has 0 fully saturated rings. The number of halogens is 1. The summed E-state index contributed by atoms with van der Waals surface area (Å²) in [5.74, 6) is 0. The molecular weight excluding hydrogens is 232 g/mol. The third kappa shape index (κ3) is 2.23. The van der Waals surface area contributed by atoms with E-state index in [9.17, 15) is 8.42 Å². The molecule has 1 aromatic rings. The Labute approximate surface area is 72.7 Å². The van der Waals surface area contributed by atoms with Gasteiger partial charge in [-0.15, -0.1) is 0 Å². The zero-order valence-corrected chi connectivity index (χ0v) is 8.05. The van der Waals surface area contributed by atoms with Gasteiger partial charge in [0.2, 0.25) is 0 Å². The lowest BCUT2D eigenvalue weighted by Gasteiger charge is -1.94. The Morgan fingerprint density at radius 2 is 2.09 bits per heavy atom. The largest absolute Gasteiger partial charge is 0.259 e. The molecule has 0 N–H and O–H groups in total. The maximum atomic E-state index is 10.9. The summed E-state index contributed by atoms with van der Waals surface area (Å²) in [4.78, 5) is 7.37. The highest BCUT2D eigenvalue weighted by Crippen LogP contribution is 2.07. The molecule has 6 heteroatoms. The SMILES string of the molecule is CS(=O)(=O)c1cncc(Br)n1. The minimum absolute atomic E-state index is 0.0214. The maximum absolute atomic E-state index is 10.9. The molecule has 1 rings (SSSR count). The van der Waals surface area contributed by atoms with Crippen LogP contribution in [0.4, 0.5) is 0 Å². The van der Waals surface area contributed by atoms with Crippen LogP contribution in [-0.4, -0.2) is 24.6 Å². The fourth-order valence-corrected chi connectivity index (χ4v) is 1.45. The topological polar surface area (TPSA) is 59.9 Å². The summed E-state index contributed by atoms with van der Waals surface area (Å²) in [5, 5.41) is -0.0214. The predicted molar refractivity (Wildman–Crippen MR) is 42.8 cm³/mol. The Hall–Kier alpha value is -0.490. The summed E-state index contributed by atoms with van der Waals surface area (Å²) in [6.07, 6.45) is 3.72. The van der Waals surface area contributed by atoms with Crippen molar-refractivity contribution in [2.24, 2.45) is 0 Å². The summed E-state index contributed by atoms with van der Waals surface area (Å²) in [5.41, 5.74) is 0. The van der Waals surface area contributed by atoms with Crippen LogP contribution in [0.5, 0.6) is 0 Å². The van der Waals surface area contributed by atoms with Crippen molar-refractivity contribution in [3.8, 4) is 0 Å². The van der Waals surface area contributed by atoms with E-state index in [0.29, 0.717) is 4.60 Å². The highest BCUT2D eigenvalue weighted by Gasteiger charge is 2.08. The lowest BCUT2D eigenvalue weighted by atomic mass is 10.8. The van der Waals surface area contributed by atoms with Crippen LogP contribution in [-0.2, 0) is 9.84 Å². The fraction of sp³-hybridized carbons (Fsp3) is 0.200. The van der Waals surface area contributed by atoms with E-state index in [2.05, 4.69) is 25.9 Å². The van der Waals surface area contributed by atoms with Crippen molar-refractivity contribution in [3.05, 3.63) is 17.0 Å². The van der Waals surface area contributed by atoms with Crippen molar-refractivity contribution in [3.63, 3.8) is 0 Å². The van der Waals surface area contributed by atoms with Gasteiger partial charge in [-0.1, -0.05) is 0 Å². The Morgan fingerprint density at radius 3 is 2.45 bits per heavy atom. The molecule has 1 aromatic heterocycles. The number of aromatic nitrogens is 2. The van der Waals surface area contributed by atoms with E-state index >= 15 is 0 Å². The van der Waals surface area contributed by atoms with Crippen LogP contribution in [0.3, 0.4) is 0 Å². The monoisotopic (exact) mass is 236 g/mol. The molecule has 0 aliphatic carbocycles. The smallest absolute Gasteiger partial charge is 0.194 e. The summed E-state index contributed by atoms with van der Waals surface area (Å²) in [6, 6.07) is 0. The molecule has 11 heavy (non-hydrogen) atoms. The first-order chi connectivity index (χ1) is 5.00. The quantitative estimate of drug-likeness (QED) is 0.719. The average molecular weight is 237 g/mol. The number of sulfone groups is 1. The summed E-state index contributed by atoms with van der Waals surface area (Å²) in [6.45, 7) is 0. The van der Waals surface area contributed by atoms with Gasteiger partial charge in [-0.3, -0.25) is 4.98 Å². The van der Waals surface area contributed by atoms with Crippen LogP contribution in [0.25, 0.3) is 0 Å². The van der Waals surface area contributed by atoms with Gasteiger partial charge in [0, 0.05) is 6.26 Å². The molecule has 0 aliphatic rings. The number of rotatable bonds is 1. The van der Waals surface area contributed by atoms with Gasteiger partial charge < -0.3 is 0 Å². The van der Waals surface area contributed by atoms with E-state index in [0.717, 1.165) is 6.26 Å². The van der Waals surface area contributed by atoms with Crippen LogP contribution in [0.15, 0.2) is 22.0 Å². The van der Waals surface area contributed by atoms with Crippen LogP contribution >= 0.6 is 15.9 Å². The van der Waals surface area contributed by atoms with Gasteiger partial charge in [0.25, 0.3) is 0 Å². The maximum Gasteiger partial charge on any atom is 0.194 e. The molecule has 0 spiro atoms. The summed E-state index contributed by atoms with van der Waals surface area (Å²) in [7, 11) is -3.23. The van der Waals surface area contributed by atoms with Crippen LogP contribution in [0.2, 0.25) is 0 Å². The van der Waals surface area contributed by atoms with E-state index in [4.69, 9.17) is 0 Å². The van der Waals surface area contributed by atoms with E-state index in [1.807, 2.05) is 0 Å². The van der Waals surface area contributed by atoms with Gasteiger partial charge in [-0.25, -0.2) is 13.4 Å². The molecule has 0 amide bonds. The summed E-state index contributed by atoms with van der Waals surface area (Å²) < 4.78 is 22.1. The predicted octanol–water partition coefficient (Wildman–Crippen LogP) is 0.643. The second-order valence-electron chi connectivity index (χ2n) is 1.95. The molecule has 0 aliphatic heterocycles. The number of hydrogen-bond donors (Lipinski definition) is 0. The van der Waals surface area contributed by atoms with Crippen molar-refractivity contribution in [2.45, 2.75) is 5.03 Å². The first kappa shape index (κ1) is 8.61. The Morgan fingerprint density at radius 1 is 1.45 bits per heavy atom. The van der Waals surface area contributed by atoms with Crippen molar-refractivity contribution < 1.29 is 8.42 Å². The number of nitrogens with zero attached hydrogens (tertiary/aromatic N) is 2. The van der Waals surface area contributed by atoms with Crippen molar-refractivity contribution in [1.82, 2.24) is 9.97 Å². The van der Waals surface area contributed by atoms with Crippen molar-refractivity contribution >= 4 is 25.8 Å². The zero-order chi connectivity index (χ0) is 8.48. The standard InChI is InChI=1S/C5H5BrN2O2S/c1-11(9,10)5-3-7-2-4(6)8-5/h2-3H,1H3. The lowest BCUT2D eigenvalue weighted by Crippen LogP contribution is -2.00. The molecule has 0 bridgehead atoms. The Kier molecular flexibility index (Phi) is 2.24. The van der Waals surface area contributed by atoms with Crippen molar-refractivity contribution in [1.29, 1.82) is 0 Å². The molecular formula is C5H5BrN2O2S. The molecule has 0 saturated carbocycles. The van der Waals surface area contributed by atoms with E-state index in [1.165, 1.54) is 12.4 Å². The first-order valence-corrected chi connectivity index (χ1v) is 5.36. The van der Waals surface area contributed by atoms with Crippen LogP contribution in [0, 0.1) is 0 Å². The molecule has 0 radical (unpaired) electrons. The second kappa shape index (κ2) is 2.86.